The van der Waals surface area contributed by atoms with Gasteiger partial charge in [-0.25, -0.2) is 0 Å². The molecule has 0 aliphatic rings. The average molecular weight is 208 g/mol. The monoisotopic (exact) mass is 208 g/mol. The smallest absolute Gasteiger partial charge is 0.238 e. The zero-order valence-electron chi connectivity index (χ0n) is 9.20. The van der Waals surface area contributed by atoms with E-state index in [-0.39, 0.29) is 0 Å². The third-order valence-corrected chi connectivity index (χ3v) is 2.35. The van der Waals surface area contributed by atoms with Crippen LogP contribution in [0.2, 0.25) is 0 Å². The largest absolute Gasteiger partial charge is 0.496 e. The number of methoxy groups -OCH3 is 1. The Labute approximate surface area is 89.2 Å². The van der Waals surface area contributed by atoms with Gasteiger partial charge in [0, 0.05) is 0 Å². The van der Waals surface area contributed by atoms with Crippen molar-refractivity contribution in [3.8, 4) is 5.75 Å². The van der Waals surface area contributed by atoms with Crippen molar-refractivity contribution < 1.29 is 9.53 Å². The number of amides is 1. The quantitative estimate of drug-likeness (QED) is 0.771. The van der Waals surface area contributed by atoms with Gasteiger partial charge in [0.15, 0.2) is 0 Å². The molecule has 1 aromatic carbocycles. The molecule has 1 aromatic rings. The molecule has 0 radical (unpaired) electrons. The van der Waals surface area contributed by atoms with E-state index in [4.69, 9.17) is 16.2 Å². The van der Waals surface area contributed by atoms with Crippen LogP contribution in [-0.4, -0.2) is 13.0 Å². The van der Waals surface area contributed by atoms with Gasteiger partial charge in [-0.05, 0) is 30.5 Å². The SMILES string of the molecule is COc1c(C)cc(C(N)C(N)=O)cc1C. The Morgan fingerprint density at radius 2 is 1.80 bits per heavy atom. The van der Waals surface area contributed by atoms with Crippen LogP contribution in [0.15, 0.2) is 12.1 Å². The van der Waals surface area contributed by atoms with E-state index in [1.807, 2.05) is 26.0 Å². The molecule has 1 atom stereocenters. The van der Waals surface area contributed by atoms with Gasteiger partial charge in [0.1, 0.15) is 11.8 Å². The van der Waals surface area contributed by atoms with E-state index in [1.54, 1.807) is 7.11 Å². The number of hydrogen-bond acceptors (Lipinski definition) is 3. The van der Waals surface area contributed by atoms with E-state index >= 15 is 0 Å². The zero-order chi connectivity index (χ0) is 11.6. The highest BCUT2D eigenvalue weighted by molar-refractivity contribution is 5.81. The molecule has 0 bridgehead atoms. The van der Waals surface area contributed by atoms with Gasteiger partial charge < -0.3 is 16.2 Å². The van der Waals surface area contributed by atoms with Gasteiger partial charge in [-0.2, -0.15) is 0 Å². The van der Waals surface area contributed by atoms with Gasteiger partial charge in [0.05, 0.1) is 7.11 Å². The second-order valence-corrected chi connectivity index (χ2v) is 3.57. The number of rotatable bonds is 3. The lowest BCUT2D eigenvalue weighted by Crippen LogP contribution is -2.28. The molecule has 1 unspecified atom stereocenters. The summed E-state index contributed by atoms with van der Waals surface area (Å²) >= 11 is 0. The maximum atomic E-state index is 10.9. The minimum Gasteiger partial charge on any atom is -0.496 e. The molecule has 0 aromatic heterocycles. The molecule has 82 valence electrons. The fourth-order valence-corrected chi connectivity index (χ4v) is 1.65. The van der Waals surface area contributed by atoms with Crippen LogP contribution in [0.4, 0.5) is 0 Å². The Hall–Kier alpha value is -1.55. The summed E-state index contributed by atoms with van der Waals surface area (Å²) in [5, 5.41) is 0. The number of carbonyl (C=O) groups is 1. The van der Waals surface area contributed by atoms with Gasteiger partial charge >= 0.3 is 0 Å². The van der Waals surface area contributed by atoms with Crippen molar-refractivity contribution in [3.63, 3.8) is 0 Å². The first-order valence-electron chi connectivity index (χ1n) is 4.67. The number of primary amides is 1. The summed E-state index contributed by atoms with van der Waals surface area (Å²) in [7, 11) is 1.61. The van der Waals surface area contributed by atoms with E-state index in [0.717, 1.165) is 22.4 Å². The van der Waals surface area contributed by atoms with Gasteiger partial charge in [0.2, 0.25) is 5.91 Å². The summed E-state index contributed by atoms with van der Waals surface area (Å²) < 4.78 is 5.21. The van der Waals surface area contributed by atoms with Crippen molar-refractivity contribution in [2.45, 2.75) is 19.9 Å². The molecule has 4 N–H and O–H groups in total. The minimum absolute atomic E-state index is 0.529. The molecule has 15 heavy (non-hydrogen) atoms. The number of aryl methyl sites for hydroxylation is 2. The molecular formula is C11H16N2O2. The number of nitrogens with two attached hydrogens (primary N) is 2. The lowest BCUT2D eigenvalue weighted by molar-refractivity contribution is -0.119. The van der Waals surface area contributed by atoms with Gasteiger partial charge in [-0.1, -0.05) is 12.1 Å². The Kier molecular flexibility index (Phi) is 3.31. The maximum Gasteiger partial charge on any atom is 0.238 e. The molecule has 1 amide bonds. The molecule has 0 heterocycles. The molecule has 0 saturated carbocycles. The Bertz CT molecular complexity index is 365. The standard InChI is InChI=1S/C11H16N2O2/c1-6-4-8(9(12)11(13)14)5-7(2)10(6)15-3/h4-5,9H,12H2,1-3H3,(H2,13,14). The summed E-state index contributed by atoms with van der Waals surface area (Å²) in [5.74, 6) is 0.286. The minimum atomic E-state index is -0.756. The zero-order valence-corrected chi connectivity index (χ0v) is 9.20. The highest BCUT2D eigenvalue weighted by atomic mass is 16.5. The van der Waals surface area contributed by atoms with E-state index < -0.39 is 11.9 Å². The summed E-state index contributed by atoms with van der Waals surface area (Å²) in [5.41, 5.74) is 13.4. The van der Waals surface area contributed by atoms with E-state index in [2.05, 4.69) is 0 Å². The summed E-state index contributed by atoms with van der Waals surface area (Å²) in [6.07, 6.45) is 0. The lowest BCUT2D eigenvalue weighted by Gasteiger charge is -2.13. The number of carbonyl (C=O) groups excluding carboxylic acids is 1. The maximum absolute atomic E-state index is 10.9. The lowest BCUT2D eigenvalue weighted by atomic mass is 10.0. The predicted molar refractivity (Wildman–Crippen MR) is 58.6 cm³/mol. The van der Waals surface area contributed by atoms with Crippen LogP contribution in [0.3, 0.4) is 0 Å². The van der Waals surface area contributed by atoms with Gasteiger partial charge in [-0.15, -0.1) is 0 Å². The van der Waals surface area contributed by atoms with Gasteiger partial charge in [-0.3, -0.25) is 4.79 Å². The van der Waals surface area contributed by atoms with Crippen LogP contribution in [0, 0.1) is 13.8 Å². The Morgan fingerprint density at radius 1 is 1.33 bits per heavy atom. The van der Waals surface area contributed by atoms with Crippen LogP contribution in [0.25, 0.3) is 0 Å². The number of benzene rings is 1. The highest BCUT2D eigenvalue weighted by Gasteiger charge is 2.14. The van der Waals surface area contributed by atoms with Crippen molar-refractivity contribution >= 4 is 5.91 Å². The van der Waals surface area contributed by atoms with Crippen molar-refractivity contribution in [3.05, 3.63) is 28.8 Å². The molecule has 0 saturated heterocycles. The molecule has 4 nitrogen and oxygen atoms in total. The number of hydrogen-bond donors (Lipinski definition) is 2. The van der Waals surface area contributed by atoms with Crippen LogP contribution >= 0.6 is 0 Å². The number of ether oxygens (including phenoxy) is 1. The molecular weight excluding hydrogens is 192 g/mol. The van der Waals surface area contributed by atoms with Crippen LogP contribution < -0.4 is 16.2 Å². The summed E-state index contributed by atoms with van der Waals surface area (Å²) in [6, 6.07) is 2.89. The molecule has 0 aliphatic carbocycles. The fraction of sp³-hybridized carbons (Fsp3) is 0.364. The average Bonchev–Trinajstić information content (AvgIpc) is 2.15. The third kappa shape index (κ3) is 2.27. The molecule has 0 fully saturated rings. The fourth-order valence-electron chi connectivity index (χ4n) is 1.65. The van der Waals surface area contributed by atoms with Crippen molar-refractivity contribution in [1.29, 1.82) is 0 Å². The molecule has 0 spiro atoms. The third-order valence-electron chi connectivity index (χ3n) is 2.35. The molecule has 4 heteroatoms. The van der Waals surface area contributed by atoms with Gasteiger partial charge in [0.25, 0.3) is 0 Å². The van der Waals surface area contributed by atoms with E-state index in [9.17, 15) is 4.79 Å². The van der Waals surface area contributed by atoms with Crippen LogP contribution in [-0.2, 0) is 4.79 Å². The van der Waals surface area contributed by atoms with E-state index in [1.165, 1.54) is 0 Å². The van der Waals surface area contributed by atoms with Crippen molar-refractivity contribution in [1.82, 2.24) is 0 Å². The summed E-state index contributed by atoms with van der Waals surface area (Å²) in [6.45, 7) is 3.81. The second-order valence-electron chi connectivity index (χ2n) is 3.57. The molecule has 0 aliphatic heterocycles. The first-order valence-corrected chi connectivity index (χ1v) is 4.67. The predicted octanol–water partition coefficient (Wildman–Crippen LogP) is 0.797. The first-order chi connectivity index (χ1) is 6.97. The van der Waals surface area contributed by atoms with Crippen molar-refractivity contribution in [2.24, 2.45) is 11.5 Å². The van der Waals surface area contributed by atoms with Crippen LogP contribution in [0.5, 0.6) is 5.75 Å². The topological polar surface area (TPSA) is 78.3 Å². The summed E-state index contributed by atoms with van der Waals surface area (Å²) in [4.78, 5) is 10.9. The van der Waals surface area contributed by atoms with Crippen molar-refractivity contribution in [2.75, 3.05) is 7.11 Å². The van der Waals surface area contributed by atoms with E-state index in [0.29, 0.717) is 0 Å². The molecule has 1 rings (SSSR count). The normalized spacial score (nSPS) is 12.3. The Balaban J connectivity index is 3.19. The van der Waals surface area contributed by atoms with Crippen LogP contribution in [0.1, 0.15) is 22.7 Å². The second kappa shape index (κ2) is 4.31. The Morgan fingerprint density at radius 3 is 2.13 bits per heavy atom. The highest BCUT2D eigenvalue weighted by Crippen LogP contribution is 2.26. The first kappa shape index (κ1) is 11.5.